The molecule has 0 atom stereocenters. The third-order valence-corrected chi connectivity index (χ3v) is 4.85. The summed E-state index contributed by atoms with van der Waals surface area (Å²) in [5.41, 5.74) is 2.85. The number of imide groups is 1. The predicted molar refractivity (Wildman–Crippen MR) is 109 cm³/mol. The zero-order chi connectivity index (χ0) is 19.7. The van der Waals surface area contributed by atoms with Gasteiger partial charge in [0, 0.05) is 27.7 Å². The van der Waals surface area contributed by atoms with Crippen LogP contribution in [0.3, 0.4) is 0 Å². The van der Waals surface area contributed by atoms with E-state index in [0.29, 0.717) is 11.6 Å². The summed E-state index contributed by atoms with van der Waals surface area (Å²) in [4.78, 5) is 26.3. The van der Waals surface area contributed by atoms with Crippen LogP contribution < -0.4 is 5.32 Å². The number of nitrogens with zero attached hydrogens (tertiary/aromatic N) is 2. The van der Waals surface area contributed by atoms with Gasteiger partial charge in [0.25, 0.3) is 5.91 Å². The van der Waals surface area contributed by atoms with Gasteiger partial charge in [-0.3, -0.25) is 9.69 Å². The lowest BCUT2D eigenvalue weighted by atomic mass is 10.1. The highest BCUT2D eigenvalue weighted by Gasteiger charge is 2.33. The third kappa shape index (κ3) is 3.26. The van der Waals surface area contributed by atoms with Gasteiger partial charge in [-0.1, -0.05) is 47.9 Å². The van der Waals surface area contributed by atoms with Crippen LogP contribution in [-0.4, -0.2) is 21.4 Å². The molecule has 0 radical (unpaired) electrons. The molecule has 5 nitrogen and oxygen atoms in total. The number of fused-ring (bicyclic) bond motifs is 1. The lowest BCUT2D eigenvalue weighted by molar-refractivity contribution is -0.123. The molecule has 4 rings (SSSR count). The Labute approximate surface area is 167 Å². The van der Waals surface area contributed by atoms with E-state index in [1.807, 2.05) is 35.0 Å². The van der Waals surface area contributed by atoms with Crippen LogP contribution in [0.2, 0.25) is 5.02 Å². The molecular weight excluding hydrogens is 374 g/mol. The van der Waals surface area contributed by atoms with Crippen molar-refractivity contribution < 1.29 is 9.59 Å². The number of urea groups is 1. The molecule has 1 saturated heterocycles. The molecule has 1 fully saturated rings. The van der Waals surface area contributed by atoms with Crippen molar-refractivity contribution in [3.63, 3.8) is 0 Å². The molecule has 1 aliphatic heterocycles. The molecule has 3 aromatic rings. The summed E-state index contributed by atoms with van der Waals surface area (Å²) in [6.07, 6.45) is 9.03. The van der Waals surface area contributed by atoms with Gasteiger partial charge in [0.1, 0.15) is 5.70 Å². The van der Waals surface area contributed by atoms with E-state index >= 15 is 0 Å². The molecule has 2 heterocycles. The van der Waals surface area contributed by atoms with Crippen LogP contribution in [0.5, 0.6) is 0 Å². The molecule has 1 aliphatic rings. The molecule has 0 saturated carbocycles. The smallest absolute Gasteiger partial charge is 0.329 e. The predicted octanol–water partition coefficient (Wildman–Crippen LogP) is 4.02. The van der Waals surface area contributed by atoms with Crippen molar-refractivity contribution in [3.8, 4) is 12.3 Å². The summed E-state index contributed by atoms with van der Waals surface area (Å²) in [6, 6.07) is 14.4. The van der Waals surface area contributed by atoms with Gasteiger partial charge in [0.15, 0.2) is 0 Å². The van der Waals surface area contributed by atoms with E-state index in [1.165, 1.54) is 4.90 Å². The topological polar surface area (TPSA) is 54.3 Å². The zero-order valence-corrected chi connectivity index (χ0v) is 15.6. The molecule has 1 aromatic heterocycles. The average molecular weight is 390 g/mol. The molecule has 6 heteroatoms. The summed E-state index contributed by atoms with van der Waals surface area (Å²) in [6.45, 7) is 0.602. The highest BCUT2D eigenvalue weighted by molar-refractivity contribution is 6.30. The van der Waals surface area contributed by atoms with Gasteiger partial charge in [0.05, 0.1) is 13.1 Å². The number of hydrogen-bond donors (Lipinski definition) is 1. The van der Waals surface area contributed by atoms with Crippen molar-refractivity contribution in [1.29, 1.82) is 0 Å². The second-order valence-corrected chi connectivity index (χ2v) is 6.88. The van der Waals surface area contributed by atoms with Gasteiger partial charge >= 0.3 is 6.03 Å². The van der Waals surface area contributed by atoms with Crippen molar-refractivity contribution in [1.82, 2.24) is 14.8 Å². The maximum atomic E-state index is 12.8. The molecule has 0 aliphatic carbocycles. The van der Waals surface area contributed by atoms with Gasteiger partial charge in [-0.05, 0) is 29.8 Å². The summed E-state index contributed by atoms with van der Waals surface area (Å²) < 4.78 is 1.94. The number of para-hydroxylation sites is 1. The number of rotatable bonds is 4. The van der Waals surface area contributed by atoms with Gasteiger partial charge in [-0.25, -0.2) is 4.79 Å². The fraction of sp³-hybridized carbons (Fsp3) is 0.0909. The second-order valence-electron chi connectivity index (χ2n) is 6.44. The molecule has 1 N–H and O–H groups in total. The fourth-order valence-corrected chi connectivity index (χ4v) is 3.39. The first-order valence-electron chi connectivity index (χ1n) is 8.67. The zero-order valence-electron chi connectivity index (χ0n) is 14.9. The Kier molecular flexibility index (Phi) is 4.64. The Morgan fingerprint density at radius 1 is 1.11 bits per heavy atom. The van der Waals surface area contributed by atoms with Crippen molar-refractivity contribution in [2.45, 2.75) is 13.1 Å². The number of aromatic nitrogens is 1. The minimum atomic E-state index is -0.446. The third-order valence-electron chi connectivity index (χ3n) is 4.60. The summed E-state index contributed by atoms with van der Waals surface area (Å²) in [5.74, 6) is 2.26. The number of benzene rings is 2. The fourth-order valence-electron chi connectivity index (χ4n) is 3.26. The van der Waals surface area contributed by atoms with Crippen molar-refractivity contribution >= 4 is 40.5 Å². The highest BCUT2D eigenvalue weighted by Crippen LogP contribution is 2.25. The van der Waals surface area contributed by atoms with E-state index in [4.69, 9.17) is 18.0 Å². The first-order valence-corrected chi connectivity index (χ1v) is 9.05. The molecule has 0 bridgehead atoms. The van der Waals surface area contributed by atoms with Crippen molar-refractivity contribution in [2.75, 3.05) is 0 Å². The van der Waals surface area contributed by atoms with Crippen molar-refractivity contribution in [2.24, 2.45) is 0 Å². The largest absolute Gasteiger partial charge is 0.335 e. The van der Waals surface area contributed by atoms with E-state index in [-0.39, 0.29) is 18.1 Å². The van der Waals surface area contributed by atoms with Gasteiger partial charge in [-0.15, -0.1) is 6.42 Å². The van der Waals surface area contributed by atoms with Gasteiger partial charge in [0.2, 0.25) is 0 Å². The normalized spacial score (nSPS) is 15.3. The molecule has 138 valence electrons. The minimum absolute atomic E-state index is 0.179. The van der Waals surface area contributed by atoms with Crippen LogP contribution in [0.15, 0.2) is 60.4 Å². The number of nitrogens with one attached hydrogen (secondary N) is 1. The monoisotopic (exact) mass is 389 g/mol. The number of carbonyl (C=O) groups excluding carboxylic acids is 2. The van der Waals surface area contributed by atoms with Gasteiger partial charge in [-0.2, -0.15) is 0 Å². The highest BCUT2D eigenvalue weighted by atomic mass is 35.5. The summed E-state index contributed by atoms with van der Waals surface area (Å²) in [5, 5.41) is 4.23. The van der Waals surface area contributed by atoms with Crippen LogP contribution in [0.25, 0.3) is 17.0 Å². The van der Waals surface area contributed by atoms with Crippen molar-refractivity contribution in [3.05, 3.63) is 76.6 Å². The Morgan fingerprint density at radius 2 is 1.86 bits per heavy atom. The summed E-state index contributed by atoms with van der Waals surface area (Å²) >= 11 is 5.89. The number of carbonyl (C=O) groups is 2. The van der Waals surface area contributed by atoms with Crippen LogP contribution in [0.4, 0.5) is 4.79 Å². The Morgan fingerprint density at radius 3 is 2.61 bits per heavy atom. The SMILES string of the molecule is C#CCn1cc(/C=C2/NC(=O)N(Cc3ccc(Cl)cc3)C2=O)c2ccccc21. The standard InChI is InChI=1S/C22H16ClN3O2/c1-2-11-25-14-16(18-5-3-4-6-20(18)25)12-19-21(27)26(22(28)24-19)13-15-7-9-17(23)10-8-15/h1,3-10,12,14H,11,13H2,(H,24,28)/b19-12+. The maximum absolute atomic E-state index is 12.8. The van der Waals surface area contributed by atoms with Crippen LogP contribution >= 0.6 is 11.6 Å². The van der Waals surface area contributed by atoms with Crippen LogP contribution in [0.1, 0.15) is 11.1 Å². The first kappa shape index (κ1) is 17.9. The molecule has 2 aromatic carbocycles. The Bertz CT molecular complexity index is 1150. The van der Waals surface area contributed by atoms with E-state index in [1.54, 1.807) is 30.3 Å². The maximum Gasteiger partial charge on any atom is 0.329 e. The van der Waals surface area contributed by atoms with E-state index in [2.05, 4.69) is 11.2 Å². The number of hydrogen-bond acceptors (Lipinski definition) is 2. The van der Waals surface area contributed by atoms with Crippen LogP contribution in [0, 0.1) is 12.3 Å². The van der Waals surface area contributed by atoms with E-state index in [9.17, 15) is 9.59 Å². The van der Waals surface area contributed by atoms with E-state index in [0.717, 1.165) is 22.0 Å². The molecular formula is C22H16ClN3O2. The molecule has 0 spiro atoms. The number of terminal acetylenes is 1. The van der Waals surface area contributed by atoms with E-state index < -0.39 is 6.03 Å². The summed E-state index contributed by atoms with van der Waals surface area (Å²) in [7, 11) is 0. The average Bonchev–Trinajstić information content (AvgIpc) is 3.17. The lowest BCUT2D eigenvalue weighted by Crippen LogP contribution is -2.30. The molecule has 3 amide bonds. The lowest BCUT2D eigenvalue weighted by Gasteiger charge is -2.11. The van der Waals surface area contributed by atoms with Crippen LogP contribution in [-0.2, 0) is 17.9 Å². The minimum Gasteiger partial charge on any atom is -0.335 e. The number of amides is 3. The first-order chi connectivity index (χ1) is 13.6. The number of halogens is 1. The molecule has 0 unspecified atom stereocenters. The Balaban J connectivity index is 1.65. The molecule has 28 heavy (non-hydrogen) atoms. The quantitative estimate of drug-likeness (QED) is 0.416. The second kappa shape index (κ2) is 7.26. The Hall–Kier alpha value is -3.49. The van der Waals surface area contributed by atoms with Gasteiger partial charge < -0.3 is 9.88 Å².